The predicted molar refractivity (Wildman–Crippen MR) is 167 cm³/mol. The van der Waals surface area contributed by atoms with Crippen molar-refractivity contribution in [2.75, 3.05) is 17.1 Å². The summed E-state index contributed by atoms with van der Waals surface area (Å²) in [5.74, 6) is -0.809. The number of halogens is 4. The zero-order valence-electron chi connectivity index (χ0n) is 25.1. The van der Waals surface area contributed by atoms with Crippen LogP contribution < -0.4 is 9.62 Å². The molecule has 0 bridgehead atoms. The summed E-state index contributed by atoms with van der Waals surface area (Å²) < 4.78 is 66.0. The van der Waals surface area contributed by atoms with Crippen LogP contribution in [0.5, 0.6) is 0 Å². The number of nitrogens with one attached hydrogen (secondary N) is 1. The molecule has 0 saturated carbocycles. The SMILES string of the molecule is CC(C)(C)NC(=O)[C@H](Cc1ccccc1)N(Cc1ccccc1Cl)C(=O)CCCN(c1cccc(C(F)(F)F)c1)S(C)(=O)=O. The molecule has 7 nitrogen and oxygen atoms in total. The minimum absolute atomic E-state index is 0.0109. The van der Waals surface area contributed by atoms with Gasteiger partial charge in [-0.1, -0.05) is 66.2 Å². The highest BCUT2D eigenvalue weighted by molar-refractivity contribution is 7.92. The quantitative estimate of drug-likeness (QED) is 0.244. The third-order valence-electron chi connectivity index (χ3n) is 6.68. The Bertz CT molecular complexity index is 1540. The van der Waals surface area contributed by atoms with E-state index in [1.165, 1.54) is 11.0 Å². The highest BCUT2D eigenvalue weighted by Crippen LogP contribution is 2.32. The zero-order chi connectivity index (χ0) is 32.7. The third kappa shape index (κ3) is 10.3. The summed E-state index contributed by atoms with van der Waals surface area (Å²) in [4.78, 5) is 29.0. The molecule has 1 atom stereocenters. The third-order valence-corrected chi connectivity index (χ3v) is 8.24. The summed E-state index contributed by atoms with van der Waals surface area (Å²) in [5.41, 5.74) is -0.294. The summed E-state index contributed by atoms with van der Waals surface area (Å²) in [5, 5.41) is 3.37. The molecular formula is C32H37ClF3N3O4S. The first-order valence-electron chi connectivity index (χ1n) is 14.0. The average molecular weight is 652 g/mol. The van der Waals surface area contributed by atoms with Crippen molar-refractivity contribution in [3.05, 3.63) is 101 Å². The minimum atomic E-state index is -4.66. The van der Waals surface area contributed by atoms with Gasteiger partial charge in [0.1, 0.15) is 6.04 Å². The lowest BCUT2D eigenvalue weighted by molar-refractivity contribution is -0.142. The van der Waals surface area contributed by atoms with Crippen LogP contribution in [0.25, 0.3) is 0 Å². The van der Waals surface area contributed by atoms with Crippen LogP contribution in [0.3, 0.4) is 0 Å². The van der Waals surface area contributed by atoms with Gasteiger partial charge in [0, 0.05) is 36.5 Å². The normalized spacial score (nSPS) is 12.8. The van der Waals surface area contributed by atoms with Crippen molar-refractivity contribution in [3.63, 3.8) is 0 Å². The molecule has 1 N–H and O–H groups in total. The van der Waals surface area contributed by atoms with Gasteiger partial charge in [0.15, 0.2) is 0 Å². The fourth-order valence-corrected chi connectivity index (χ4v) is 5.81. The maximum absolute atomic E-state index is 13.9. The molecule has 0 radical (unpaired) electrons. The Morgan fingerprint density at radius 1 is 0.932 bits per heavy atom. The summed E-state index contributed by atoms with van der Waals surface area (Å²) in [6.07, 6.45) is -3.75. The Kier molecular flexibility index (Phi) is 11.5. The monoisotopic (exact) mass is 651 g/mol. The second-order valence-corrected chi connectivity index (χ2v) is 13.9. The van der Waals surface area contributed by atoms with E-state index in [9.17, 15) is 31.2 Å². The molecule has 0 heterocycles. The number of rotatable bonds is 12. The number of amides is 2. The molecule has 0 saturated heterocycles. The molecule has 0 aliphatic heterocycles. The van der Waals surface area contributed by atoms with Gasteiger partial charge in [-0.25, -0.2) is 8.42 Å². The van der Waals surface area contributed by atoms with Gasteiger partial charge >= 0.3 is 6.18 Å². The molecule has 0 aliphatic carbocycles. The van der Waals surface area contributed by atoms with Crippen molar-refractivity contribution in [1.82, 2.24) is 10.2 Å². The number of benzene rings is 3. The molecule has 0 spiro atoms. The van der Waals surface area contributed by atoms with Gasteiger partial charge < -0.3 is 10.2 Å². The molecule has 3 aromatic rings. The van der Waals surface area contributed by atoms with E-state index in [4.69, 9.17) is 11.6 Å². The second-order valence-electron chi connectivity index (χ2n) is 11.5. The first-order chi connectivity index (χ1) is 20.5. The zero-order valence-corrected chi connectivity index (χ0v) is 26.6. The number of carbonyl (C=O) groups excluding carboxylic acids is 2. The lowest BCUT2D eigenvalue weighted by Gasteiger charge is -2.34. The van der Waals surface area contributed by atoms with Crippen molar-refractivity contribution < 1.29 is 31.2 Å². The lowest BCUT2D eigenvalue weighted by atomic mass is 10.00. The molecule has 238 valence electrons. The predicted octanol–water partition coefficient (Wildman–Crippen LogP) is 6.46. The minimum Gasteiger partial charge on any atom is -0.350 e. The molecule has 2 amide bonds. The summed E-state index contributed by atoms with van der Waals surface area (Å²) >= 11 is 6.44. The van der Waals surface area contributed by atoms with E-state index < -0.39 is 39.3 Å². The van der Waals surface area contributed by atoms with E-state index in [1.54, 1.807) is 24.3 Å². The van der Waals surface area contributed by atoms with Crippen LogP contribution in [-0.4, -0.2) is 49.5 Å². The Hall–Kier alpha value is -3.57. The Morgan fingerprint density at radius 2 is 1.57 bits per heavy atom. The Balaban J connectivity index is 1.93. The highest BCUT2D eigenvalue weighted by atomic mass is 35.5. The maximum atomic E-state index is 13.9. The largest absolute Gasteiger partial charge is 0.416 e. The number of nitrogens with zero attached hydrogens (tertiary/aromatic N) is 2. The van der Waals surface area contributed by atoms with E-state index in [0.717, 1.165) is 34.3 Å². The molecule has 3 rings (SSSR count). The van der Waals surface area contributed by atoms with Crippen LogP contribution in [0.2, 0.25) is 5.02 Å². The number of hydrogen-bond donors (Lipinski definition) is 1. The first-order valence-corrected chi connectivity index (χ1v) is 16.2. The van der Waals surface area contributed by atoms with Gasteiger partial charge in [0.05, 0.1) is 17.5 Å². The smallest absolute Gasteiger partial charge is 0.350 e. The number of anilines is 1. The van der Waals surface area contributed by atoms with Gasteiger partial charge in [-0.2, -0.15) is 13.2 Å². The first kappa shape index (κ1) is 34.9. The topological polar surface area (TPSA) is 86.8 Å². The Morgan fingerprint density at radius 3 is 2.16 bits per heavy atom. The van der Waals surface area contributed by atoms with Gasteiger partial charge in [-0.05, 0) is 62.6 Å². The summed E-state index contributed by atoms with van der Waals surface area (Å²) in [7, 11) is -3.98. The fraction of sp³-hybridized carbons (Fsp3) is 0.375. The molecule has 12 heteroatoms. The van der Waals surface area contributed by atoms with Gasteiger partial charge in [0.2, 0.25) is 21.8 Å². The number of hydrogen-bond acceptors (Lipinski definition) is 4. The summed E-state index contributed by atoms with van der Waals surface area (Å²) in [6, 6.07) is 19.3. The summed E-state index contributed by atoms with van der Waals surface area (Å²) in [6.45, 7) is 5.26. The molecule has 0 aliphatic rings. The van der Waals surface area contributed by atoms with Crippen LogP contribution >= 0.6 is 11.6 Å². The molecule has 0 aromatic heterocycles. The van der Waals surface area contributed by atoms with Crippen molar-refractivity contribution in [2.24, 2.45) is 0 Å². The van der Waals surface area contributed by atoms with Crippen molar-refractivity contribution in [2.45, 2.75) is 64.3 Å². The lowest BCUT2D eigenvalue weighted by Crippen LogP contribution is -2.54. The van der Waals surface area contributed by atoms with Crippen molar-refractivity contribution >= 4 is 39.1 Å². The number of alkyl halides is 3. The molecule has 3 aromatic carbocycles. The Labute approximate surface area is 262 Å². The highest BCUT2D eigenvalue weighted by Gasteiger charge is 2.34. The van der Waals surface area contributed by atoms with Crippen molar-refractivity contribution in [3.8, 4) is 0 Å². The van der Waals surface area contributed by atoms with Crippen LogP contribution in [0.15, 0.2) is 78.9 Å². The van der Waals surface area contributed by atoms with Crippen LogP contribution in [0, 0.1) is 0 Å². The number of carbonyl (C=O) groups is 2. The van der Waals surface area contributed by atoms with Gasteiger partial charge in [0.25, 0.3) is 0 Å². The van der Waals surface area contributed by atoms with E-state index in [2.05, 4.69) is 5.32 Å². The van der Waals surface area contributed by atoms with Crippen LogP contribution in [-0.2, 0) is 38.8 Å². The van der Waals surface area contributed by atoms with Gasteiger partial charge in [-0.15, -0.1) is 0 Å². The molecular weight excluding hydrogens is 615 g/mol. The van der Waals surface area contributed by atoms with Crippen molar-refractivity contribution in [1.29, 1.82) is 0 Å². The van der Waals surface area contributed by atoms with E-state index in [0.29, 0.717) is 10.6 Å². The van der Waals surface area contributed by atoms with E-state index >= 15 is 0 Å². The maximum Gasteiger partial charge on any atom is 0.416 e. The average Bonchev–Trinajstić information content (AvgIpc) is 2.92. The van der Waals surface area contributed by atoms with Gasteiger partial charge in [-0.3, -0.25) is 13.9 Å². The van der Waals surface area contributed by atoms with Crippen LogP contribution in [0.4, 0.5) is 18.9 Å². The molecule has 44 heavy (non-hydrogen) atoms. The second kappa shape index (κ2) is 14.5. The fourth-order valence-electron chi connectivity index (χ4n) is 4.66. The van der Waals surface area contributed by atoms with Crippen LogP contribution in [0.1, 0.15) is 50.3 Å². The molecule has 0 fully saturated rings. The number of sulfonamides is 1. The van der Waals surface area contributed by atoms with E-state index in [1.807, 2.05) is 51.1 Å². The molecule has 0 unspecified atom stereocenters. The standard InChI is InChI=1S/C32H37ClF3N3O4S/c1-31(2,3)37-30(41)28(20-23-12-6-5-7-13-23)38(22-24-14-8-9-17-27(24)33)29(40)18-11-19-39(44(4,42)43)26-16-10-15-25(21-26)32(34,35)36/h5-10,12-17,21,28H,11,18-20,22H2,1-4H3,(H,37,41)/t28-/m0/s1. The van der Waals surface area contributed by atoms with E-state index in [-0.39, 0.29) is 43.9 Å².